The van der Waals surface area contributed by atoms with Crippen molar-refractivity contribution in [1.29, 1.82) is 0 Å². The molecule has 4 N–H and O–H groups in total. The minimum Gasteiger partial charge on any atom is -0.359 e. The Kier molecular flexibility index (Phi) is 5.50. The van der Waals surface area contributed by atoms with Crippen molar-refractivity contribution in [3.8, 4) is 0 Å². The fraction of sp³-hybridized carbons (Fsp3) is 0.238. The lowest BCUT2D eigenvalue weighted by molar-refractivity contribution is -0.696. The predicted molar refractivity (Wildman–Crippen MR) is 120 cm³/mol. The maximum absolute atomic E-state index is 12.8. The first-order valence-electron chi connectivity index (χ1n) is 9.67. The molecule has 1 amide bonds. The Morgan fingerprint density at radius 1 is 1.23 bits per heavy atom. The van der Waals surface area contributed by atoms with E-state index >= 15 is 0 Å². The highest BCUT2D eigenvalue weighted by Gasteiger charge is 2.23. The third-order valence-corrected chi connectivity index (χ3v) is 5.17. The zero-order chi connectivity index (χ0) is 22.2. The number of carbonyl (C=O) groups excluding carboxylic acids is 1. The molecule has 0 aliphatic carbocycles. The van der Waals surface area contributed by atoms with Crippen molar-refractivity contribution in [2.75, 3.05) is 10.3 Å². The summed E-state index contributed by atoms with van der Waals surface area (Å²) in [5.41, 5.74) is 8.67. The highest BCUT2D eigenvalue weighted by molar-refractivity contribution is 9.10. The van der Waals surface area contributed by atoms with Gasteiger partial charge in [-0.05, 0) is 35.0 Å². The SMILES string of the molecule is Cc1ncc(C(=O)Nc2cc(C(C)(C)C)on2)cc1N1C=C(c2cncc(Br)c2)N[NH2+]1. The van der Waals surface area contributed by atoms with Crippen LogP contribution in [0.1, 0.15) is 48.1 Å². The second kappa shape index (κ2) is 8.12. The number of amides is 1. The smallest absolute Gasteiger partial charge is 0.258 e. The van der Waals surface area contributed by atoms with Gasteiger partial charge in [-0.25, -0.2) is 5.43 Å². The van der Waals surface area contributed by atoms with E-state index in [1.54, 1.807) is 30.7 Å². The van der Waals surface area contributed by atoms with Crippen molar-refractivity contribution in [3.05, 3.63) is 70.0 Å². The van der Waals surface area contributed by atoms with E-state index in [0.717, 1.165) is 27.1 Å². The Balaban J connectivity index is 1.55. The number of pyridine rings is 2. The molecule has 1 aliphatic heterocycles. The predicted octanol–water partition coefficient (Wildman–Crippen LogP) is 2.89. The largest absolute Gasteiger partial charge is 0.359 e. The van der Waals surface area contributed by atoms with Crippen molar-refractivity contribution in [2.24, 2.45) is 0 Å². The highest BCUT2D eigenvalue weighted by Crippen LogP contribution is 2.25. The van der Waals surface area contributed by atoms with Crippen LogP contribution in [-0.2, 0) is 5.41 Å². The molecule has 0 spiro atoms. The van der Waals surface area contributed by atoms with Crippen molar-refractivity contribution in [3.63, 3.8) is 0 Å². The van der Waals surface area contributed by atoms with Gasteiger partial charge in [0.2, 0.25) is 0 Å². The molecule has 9 nitrogen and oxygen atoms in total. The van der Waals surface area contributed by atoms with Crippen LogP contribution < -0.4 is 21.3 Å². The summed E-state index contributed by atoms with van der Waals surface area (Å²) in [5, 5.41) is 8.61. The van der Waals surface area contributed by atoms with Gasteiger partial charge in [0.05, 0.1) is 17.5 Å². The molecule has 160 valence electrons. The van der Waals surface area contributed by atoms with E-state index in [1.165, 1.54) is 0 Å². The molecule has 4 rings (SSSR count). The number of halogens is 1. The molecule has 0 atom stereocenters. The standard InChI is InChI=1S/C21H22BrN7O2/c1-12-17(29-11-16(26-28-29)13-5-15(22)10-23-8-13)6-14(9-24-12)20(30)25-19-7-18(31-27-19)21(2,3)4/h5-11,26,28H,1-4H3,(H,25,27,30)/p+1. The number of aryl methyl sites for hydroxylation is 1. The summed E-state index contributed by atoms with van der Waals surface area (Å²) in [7, 11) is 0. The van der Waals surface area contributed by atoms with Gasteiger partial charge >= 0.3 is 0 Å². The van der Waals surface area contributed by atoms with Crippen LogP contribution in [0.15, 0.2) is 52.0 Å². The van der Waals surface area contributed by atoms with Gasteiger partial charge in [-0.1, -0.05) is 25.9 Å². The molecule has 1 aliphatic rings. The first-order valence-corrected chi connectivity index (χ1v) is 10.5. The van der Waals surface area contributed by atoms with E-state index in [2.05, 4.69) is 41.8 Å². The van der Waals surface area contributed by atoms with E-state index in [0.29, 0.717) is 17.1 Å². The quantitative estimate of drug-likeness (QED) is 0.487. The van der Waals surface area contributed by atoms with E-state index in [4.69, 9.17) is 4.52 Å². The fourth-order valence-electron chi connectivity index (χ4n) is 2.99. The summed E-state index contributed by atoms with van der Waals surface area (Å²) in [6.45, 7) is 7.94. The zero-order valence-corrected chi connectivity index (χ0v) is 19.2. The first-order chi connectivity index (χ1) is 14.7. The highest BCUT2D eigenvalue weighted by atomic mass is 79.9. The van der Waals surface area contributed by atoms with Gasteiger partial charge in [0.15, 0.2) is 5.82 Å². The van der Waals surface area contributed by atoms with Gasteiger partial charge in [-0.15, -0.1) is 5.53 Å². The van der Waals surface area contributed by atoms with Gasteiger partial charge in [0.1, 0.15) is 17.1 Å². The molecular weight excluding hydrogens is 462 g/mol. The molecule has 0 unspecified atom stereocenters. The second-order valence-electron chi connectivity index (χ2n) is 8.22. The Labute approximate surface area is 188 Å². The molecule has 0 saturated carbocycles. The molecule has 3 aromatic rings. The van der Waals surface area contributed by atoms with Gasteiger partial charge in [-0.2, -0.15) is 5.01 Å². The first kappa shape index (κ1) is 21.0. The summed E-state index contributed by atoms with van der Waals surface area (Å²) in [6.07, 6.45) is 6.99. The number of nitrogens with one attached hydrogen (secondary N) is 2. The Morgan fingerprint density at radius 2 is 2.03 bits per heavy atom. The summed E-state index contributed by atoms with van der Waals surface area (Å²) in [5.74, 6) is 0.758. The summed E-state index contributed by atoms with van der Waals surface area (Å²) >= 11 is 3.44. The average molecular weight is 485 g/mol. The van der Waals surface area contributed by atoms with Crippen LogP contribution in [0.2, 0.25) is 0 Å². The Bertz CT molecular complexity index is 1170. The number of nitrogens with two attached hydrogens (primary N) is 1. The number of quaternary nitrogens is 1. The van der Waals surface area contributed by atoms with Crippen LogP contribution in [0.3, 0.4) is 0 Å². The molecule has 0 bridgehead atoms. The lowest BCUT2D eigenvalue weighted by Gasteiger charge is -2.14. The summed E-state index contributed by atoms with van der Waals surface area (Å²) < 4.78 is 6.23. The third kappa shape index (κ3) is 4.59. The molecule has 10 heteroatoms. The molecule has 0 aromatic carbocycles. The molecule has 4 heterocycles. The van der Waals surface area contributed by atoms with Crippen LogP contribution in [-0.4, -0.2) is 21.0 Å². The number of rotatable bonds is 4. The van der Waals surface area contributed by atoms with Crippen LogP contribution >= 0.6 is 15.9 Å². The molecule has 31 heavy (non-hydrogen) atoms. The number of aromatic nitrogens is 3. The van der Waals surface area contributed by atoms with Crippen LogP contribution in [0.5, 0.6) is 0 Å². The average Bonchev–Trinajstić information content (AvgIpc) is 3.38. The van der Waals surface area contributed by atoms with Crippen molar-refractivity contribution in [1.82, 2.24) is 20.6 Å². The zero-order valence-electron chi connectivity index (χ0n) is 17.6. The van der Waals surface area contributed by atoms with Crippen LogP contribution in [0.4, 0.5) is 11.5 Å². The van der Waals surface area contributed by atoms with Crippen LogP contribution in [0.25, 0.3) is 5.70 Å². The number of carbonyl (C=O) groups is 1. The maximum atomic E-state index is 12.8. The Morgan fingerprint density at radius 3 is 2.74 bits per heavy atom. The lowest BCUT2D eigenvalue weighted by atomic mass is 9.93. The monoisotopic (exact) mass is 484 g/mol. The third-order valence-electron chi connectivity index (χ3n) is 4.73. The summed E-state index contributed by atoms with van der Waals surface area (Å²) in [6, 6.07) is 5.50. The van der Waals surface area contributed by atoms with E-state index in [9.17, 15) is 4.79 Å². The van der Waals surface area contributed by atoms with Gasteiger partial charge in [-0.3, -0.25) is 14.8 Å². The molecule has 3 aromatic heterocycles. The number of hydrogen-bond acceptors (Lipinski definition) is 7. The van der Waals surface area contributed by atoms with Crippen molar-refractivity contribution in [2.45, 2.75) is 33.1 Å². The number of nitrogens with zero attached hydrogens (tertiary/aromatic N) is 4. The van der Waals surface area contributed by atoms with E-state index in [1.807, 2.05) is 50.5 Å². The van der Waals surface area contributed by atoms with Crippen molar-refractivity contribution < 1.29 is 14.9 Å². The minimum atomic E-state index is -0.310. The van der Waals surface area contributed by atoms with Gasteiger partial charge in [0, 0.05) is 40.1 Å². The molecular formula is C21H23BrN7O2+. The van der Waals surface area contributed by atoms with Gasteiger partial charge < -0.3 is 9.84 Å². The molecule has 0 saturated heterocycles. The van der Waals surface area contributed by atoms with Crippen LogP contribution in [0, 0.1) is 6.92 Å². The minimum absolute atomic E-state index is 0.193. The van der Waals surface area contributed by atoms with Gasteiger partial charge in [0.25, 0.3) is 5.91 Å². The Hall–Kier alpha value is -3.24. The number of hydrogen-bond donors (Lipinski definition) is 3. The van der Waals surface area contributed by atoms with E-state index in [-0.39, 0.29) is 11.3 Å². The lowest BCUT2D eigenvalue weighted by Crippen LogP contribution is -2.97. The van der Waals surface area contributed by atoms with Crippen molar-refractivity contribution >= 4 is 39.0 Å². The normalized spacial score (nSPS) is 13.7. The molecule has 0 radical (unpaired) electrons. The maximum Gasteiger partial charge on any atom is 0.258 e. The number of anilines is 2. The molecule has 0 fully saturated rings. The topological polar surface area (TPSA) is 113 Å². The second-order valence-corrected chi connectivity index (χ2v) is 9.14. The fourth-order valence-corrected chi connectivity index (χ4v) is 3.36. The van der Waals surface area contributed by atoms with E-state index < -0.39 is 0 Å². The summed E-state index contributed by atoms with van der Waals surface area (Å²) in [4.78, 5) is 21.4.